The minimum absolute atomic E-state index is 0.0156. The molecular formula is C19H19ClN4O3S3. The monoisotopic (exact) mass is 482 g/mol. The van der Waals surface area contributed by atoms with Crippen molar-refractivity contribution < 1.29 is 13.2 Å². The van der Waals surface area contributed by atoms with Gasteiger partial charge in [0.25, 0.3) is 15.9 Å². The Morgan fingerprint density at radius 1 is 1.20 bits per heavy atom. The second kappa shape index (κ2) is 9.78. The number of para-hydroxylation sites is 1. The van der Waals surface area contributed by atoms with Crippen LogP contribution < -0.4 is 10.0 Å². The van der Waals surface area contributed by atoms with Gasteiger partial charge in [0.1, 0.15) is 4.90 Å². The van der Waals surface area contributed by atoms with Crippen LogP contribution in [0.15, 0.2) is 51.7 Å². The van der Waals surface area contributed by atoms with Crippen molar-refractivity contribution in [3.63, 3.8) is 0 Å². The molecule has 11 heteroatoms. The van der Waals surface area contributed by atoms with E-state index in [9.17, 15) is 13.2 Å². The lowest BCUT2D eigenvalue weighted by molar-refractivity contribution is 0.102. The van der Waals surface area contributed by atoms with Crippen LogP contribution in [-0.2, 0) is 10.0 Å². The van der Waals surface area contributed by atoms with Crippen LogP contribution in [0.1, 0.15) is 29.3 Å². The van der Waals surface area contributed by atoms with Gasteiger partial charge in [-0.1, -0.05) is 59.8 Å². The number of carbonyl (C=O) groups is 1. The molecule has 0 bridgehead atoms. The van der Waals surface area contributed by atoms with Gasteiger partial charge >= 0.3 is 0 Å². The molecule has 2 N–H and O–H groups in total. The number of hydrogen-bond donors (Lipinski definition) is 2. The molecule has 0 saturated carbocycles. The van der Waals surface area contributed by atoms with E-state index in [4.69, 9.17) is 11.6 Å². The molecule has 0 aliphatic carbocycles. The Morgan fingerprint density at radius 3 is 2.70 bits per heavy atom. The van der Waals surface area contributed by atoms with Gasteiger partial charge in [-0.05, 0) is 43.2 Å². The molecule has 0 fully saturated rings. The van der Waals surface area contributed by atoms with Gasteiger partial charge in [-0.3, -0.25) is 14.8 Å². The van der Waals surface area contributed by atoms with E-state index in [1.165, 1.54) is 29.5 Å². The summed E-state index contributed by atoms with van der Waals surface area (Å²) in [4.78, 5) is 12.4. The van der Waals surface area contributed by atoms with Gasteiger partial charge in [-0.2, -0.15) is 0 Å². The van der Waals surface area contributed by atoms with Crippen molar-refractivity contribution in [3.8, 4) is 0 Å². The van der Waals surface area contributed by atoms with Crippen molar-refractivity contribution in [2.75, 3.05) is 15.8 Å². The molecule has 158 valence electrons. The van der Waals surface area contributed by atoms with E-state index in [1.54, 1.807) is 36.9 Å². The highest BCUT2D eigenvalue weighted by Gasteiger charge is 2.21. The van der Waals surface area contributed by atoms with E-state index < -0.39 is 15.9 Å². The van der Waals surface area contributed by atoms with Gasteiger partial charge in [0.05, 0.1) is 10.7 Å². The first-order valence-electron chi connectivity index (χ1n) is 8.96. The average molecular weight is 483 g/mol. The molecule has 0 aliphatic rings. The summed E-state index contributed by atoms with van der Waals surface area (Å²) >= 11 is 8.96. The molecular weight excluding hydrogens is 464 g/mol. The molecule has 0 saturated heterocycles. The quantitative estimate of drug-likeness (QED) is 0.344. The SMILES string of the molecule is CCCSc1nnc(NC(=O)c2ccc(Cl)c(S(=O)(=O)Nc3ccccc3C)c2)s1. The van der Waals surface area contributed by atoms with Crippen LogP contribution in [0, 0.1) is 6.92 Å². The van der Waals surface area contributed by atoms with Crippen LogP contribution in [0.5, 0.6) is 0 Å². The van der Waals surface area contributed by atoms with E-state index in [2.05, 4.69) is 27.2 Å². The second-order valence-corrected chi connectivity index (χ2v) is 10.6. The number of amides is 1. The van der Waals surface area contributed by atoms with Crippen molar-refractivity contribution in [1.29, 1.82) is 0 Å². The van der Waals surface area contributed by atoms with Crippen molar-refractivity contribution in [1.82, 2.24) is 10.2 Å². The van der Waals surface area contributed by atoms with Crippen LogP contribution in [0.25, 0.3) is 0 Å². The van der Waals surface area contributed by atoms with Gasteiger partial charge in [-0.25, -0.2) is 8.42 Å². The van der Waals surface area contributed by atoms with E-state index in [-0.39, 0.29) is 15.5 Å². The van der Waals surface area contributed by atoms with Crippen LogP contribution in [-0.4, -0.2) is 30.3 Å². The van der Waals surface area contributed by atoms with Crippen molar-refractivity contribution >= 4 is 61.4 Å². The number of thioether (sulfide) groups is 1. The zero-order valence-corrected chi connectivity index (χ0v) is 19.4. The van der Waals surface area contributed by atoms with E-state index in [1.807, 2.05) is 6.07 Å². The summed E-state index contributed by atoms with van der Waals surface area (Å²) in [7, 11) is -3.99. The third kappa shape index (κ3) is 5.51. The maximum Gasteiger partial charge on any atom is 0.263 e. The molecule has 1 amide bonds. The van der Waals surface area contributed by atoms with Crippen molar-refractivity contribution in [2.24, 2.45) is 0 Å². The first-order valence-corrected chi connectivity index (χ1v) is 12.6. The summed E-state index contributed by atoms with van der Waals surface area (Å²) in [5, 5.41) is 11.0. The first kappa shape index (κ1) is 22.5. The number of hydrogen-bond acceptors (Lipinski definition) is 7. The van der Waals surface area contributed by atoms with Gasteiger partial charge in [0.2, 0.25) is 5.13 Å². The molecule has 0 unspecified atom stereocenters. The summed E-state index contributed by atoms with van der Waals surface area (Å²) < 4.78 is 29.0. The molecule has 0 atom stereocenters. The van der Waals surface area contributed by atoms with Crippen LogP contribution in [0.4, 0.5) is 10.8 Å². The highest BCUT2D eigenvalue weighted by molar-refractivity contribution is 8.01. The number of halogens is 1. The number of benzene rings is 2. The molecule has 0 spiro atoms. The van der Waals surface area contributed by atoms with Gasteiger partial charge < -0.3 is 0 Å². The van der Waals surface area contributed by atoms with Crippen LogP contribution in [0.2, 0.25) is 5.02 Å². The van der Waals surface area contributed by atoms with Gasteiger partial charge in [0, 0.05) is 11.3 Å². The lowest BCUT2D eigenvalue weighted by Gasteiger charge is -2.12. The minimum atomic E-state index is -3.99. The first-order chi connectivity index (χ1) is 14.3. The molecule has 3 rings (SSSR count). The largest absolute Gasteiger partial charge is 0.296 e. The fraction of sp³-hybridized carbons (Fsp3) is 0.211. The van der Waals surface area contributed by atoms with Gasteiger partial charge in [-0.15, -0.1) is 10.2 Å². The van der Waals surface area contributed by atoms with Crippen molar-refractivity contribution in [3.05, 3.63) is 58.6 Å². The molecule has 0 radical (unpaired) electrons. The zero-order chi connectivity index (χ0) is 21.7. The van der Waals surface area contributed by atoms with Crippen LogP contribution >= 0.6 is 34.7 Å². The van der Waals surface area contributed by atoms with Gasteiger partial charge in [0.15, 0.2) is 4.34 Å². The molecule has 30 heavy (non-hydrogen) atoms. The Labute approximate surface area is 188 Å². The summed E-state index contributed by atoms with van der Waals surface area (Å²) in [6.45, 7) is 3.86. The number of aryl methyl sites for hydroxylation is 1. The maximum absolute atomic E-state index is 12.9. The Morgan fingerprint density at radius 2 is 1.97 bits per heavy atom. The zero-order valence-electron chi connectivity index (χ0n) is 16.2. The lowest BCUT2D eigenvalue weighted by Crippen LogP contribution is -2.17. The Balaban J connectivity index is 1.81. The lowest BCUT2D eigenvalue weighted by atomic mass is 10.2. The molecule has 2 aromatic carbocycles. The van der Waals surface area contributed by atoms with E-state index in [0.717, 1.165) is 22.1 Å². The Kier molecular flexibility index (Phi) is 7.35. The normalized spacial score (nSPS) is 11.3. The maximum atomic E-state index is 12.9. The third-order valence-electron chi connectivity index (χ3n) is 3.93. The molecule has 1 aromatic heterocycles. The third-order valence-corrected chi connectivity index (χ3v) is 7.95. The Hall–Kier alpha value is -2.14. The molecule has 1 heterocycles. The summed E-state index contributed by atoms with van der Waals surface area (Å²) in [6, 6.07) is 11.1. The fourth-order valence-corrected chi connectivity index (χ4v) is 5.74. The molecule has 7 nitrogen and oxygen atoms in total. The van der Waals surface area contributed by atoms with Crippen molar-refractivity contribution in [2.45, 2.75) is 29.5 Å². The number of anilines is 2. The predicted octanol–water partition coefficient (Wildman–Crippen LogP) is 5.06. The summed E-state index contributed by atoms with van der Waals surface area (Å²) in [5.74, 6) is 0.414. The standard InChI is InChI=1S/C19H19ClN4O3S3/c1-3-10-28-19-23-22-18(29-19)21-17(25)13-8-9-14(20)16(11-13)30(26,27)24-15-7-5-4-6-12(15)2/h4-9,11,24H,3,10H2,1-2H3,(H,21,22,25). The fourth-order valence-electron chi connectivity index (χ4n) is 2.41. The number of rotatable bonds is 8. The minimum Gasteiger partial charge on any atom is -0.296 e. The number of aromatic nitrogens is 2. The number of carbonyl (C=O) groups excluding carboxylic acids is 1. The summed E-state index contributed by atoms with van der Waals surface area (Å²) in [5.41, 5.74) is 1.34. The highest BCUT2D eigenvalue weighted by Crippen LogP contribution is 2.28. The van der Waals surface area contributed by atoms with E-state index >= 15 is 0 Å². The predicted molar refractivity (Wildman–Crippen MR) is 122 cm³/mol. The molecule has 0 aliphatic heterocycles. The number of nitrogens with one attached hydrogen (secondary N) is 2. The van der Waals surface area contributed by atoms with E-state index in [0.29, 0.717) is 10.8 Å². The van der Waals surface area contributed by atoms with Crippen LogP contribution in [0.3, 0.4) is 0 Å². The second-order valence-electron chi connectivity index (χ2n) is 6.24. The average Bonchev–Trinajstić information content (AvgIpc) is 3.15. The highest BCUT2D eigenvalue weighted by atomic mass is 35.5. The number of nitrogens with zero attached hydrogens (tertiary/aromatic N) is 2. The summed E-state index contributed by atoms with van der Waals surface area (Å²) in [6.07, 6.45) is 1.00. The topological polar surface area (TPSA) is 101 Å². The smallest absolute Gasteiger partial charge is 0.263 e. The Bertz CT molecular complexity index is 1170. The molecule has 3 aromatic rings. The number of sulfonamides is 1.